The summed E-state index contributed by atoms with van der Waals surface area (Å²) in [5.41, 5.74) is 3.09. The van der Waals surface area contributed by atoms with E-state index in [0.717, 1.165) is 39.6 Å². The molecule has 0 saturated heterocycles. The molecule has 0 unspecified atom stereocenters. The Kier molecular flexibility index (Phi) is 3.19. The highest BCUT2D eigenvalue weighted by molar-refractivity contribution is 7.18. The number of rotatable bonds is 3. The first-order chi connectivity index (χ1) is 11.8. The number of nitrogens with one attached hydrogen (secondary N) is 1. The number of H-pyrrole nitrogens is 1. The molecule has 1 N–H and O–H groups in total. The van der Waals surface area contributed by atoms with E-state index in [9.17, 15) is 4.79 Å². The van der Waals surface area contributed by atoms with Crippen LogP contribution >= 0.6 is 11.3 Å². The van der Waals surface area contributed by atoms with E-state index in [1.165, 1.54) is 12.8 Å². The van der Waals surface area contributed by atoms with E-state index in [1.54, 1.807) is 17.7 Å². The second-order valence-corrected chi connectivity index (χ2v) is 7.74. The molecule has 2 aromatic heterocycles. The summed E-state index contributed by atoms with van der Waals surface area (Å²) in [6, 6.07) is 7.99. The van der Waals surface area contributed by atoms with Crippen molar-refractivity contribution in [3.63, 3.8) is 0 Å². The molecular weight excluding hydrogens is 320 g/mol. The van der Waals surface area contributed by atoms with Crippen molar-refractivity contribution in [1.29, 1.82) is 0 Å². The molecule has 3 aromatic rings. The fourth-order valence-electron chi connectivity index (χ4n) is 3.49. The van der Waals surface area contributed by atoms with E-state index in [0.29, 0.717) is 12.3 Å². The minimum Gasteiger partial charge on any atom is -0.348 e. The van der Waals surface area contributed by atoms with E-state index >= 15 is 0 Å². The summed E-state index contributed by atoms with van der Waals surface area (Å²) in [5.74, 6) is 0.838. The molecule has 2 aliphatic rings. The van der Waals surface area contributed by atoms with E-state index in [1.807, 2.05) is 23.1 Å². The van der Waals surface area contributed by atoms with Crippen LogP contribution in [0.4, 0.5) is 0 Å². The van der Waals surface area contributed by atoms with Crippen LogP contribution in [0.3, 0.4) is 0 Å². The Morgan fingerprint density at radius 3 is 3.04 bits per heavy atom. The summed E-state index contributed by atoms with van der Waals surface area (Å²) in [6.07, 6.45) is 5.63. The standard InChI is InChI=1S/C18H18N4OS/c23-15(9-11-5-6-11)22-8-7-13-16(20-10-19-13)17(22)18-21-12-3-1-2-4-14(12)24-18/h1-4,10-11,17H,5-9H2,(H,19,20)/t17-/m0/s1. The Morgan fingerprint density at radius 2 is 2.21 bits per heavy atom. The lowest BCUT2D eigenvalue weighted by Crippen LogP contribution is -2.40. The summed E-state index contributed by atoms with van der Waals surface area (Å²) < 4.78 is 1.16. The number of aromatic amines is 1. The van der Waals surface area contributed by atoms with Gasteiger partial charge in [0.05, 0.1) is 22.2 Å². The number of aromatic nitrogens is 3. The Hall–Kier alpha value is -2.21. The normalized spacial score (nSPS) is 20.3. The zero-order valence-corrected chi connectivity index (χ0v) is 14.1. The van der Waals surface area contributed by atoms with Gasteiger partial charge in [-0.15, -0.1) is 11.3 Å². The van der Waals surface area contributed by atoms with Gasteiger partial charge in [-0.25, -0.2) is 9.97 Å². The van der Waals surface area contributed by atoms with Crippen molar-refractivity contribution >= 4 is 27.5 Å². The number of fused-ring (bicyclic) bond motifs is 2. The van der Waals surface area contributed by atoms with Gasteiger partial charge in [-0.1, -0.05) is 12.1 Å². The van der Waals surface area contributed by atoms with Gasteiger partial charge < -0.3 is 9.88 Å². The third kappa shape index (κ3) is 2.33. The van der Waals surface area contributed by atoms with Gasteiger partial charge in [0, 0.05) is 25.1 Å². The zero-order chi connectivity index (χ0) is 16.1. The van der Waals surface area contributed by atoms with Gasteiger partial charge in [0.2, 0.25) is 5.91 Å². The number of carbonyl (C=O) groups excluding carboxylic acids is 1. The maximum Gasteiger partial charge on any atom is 0.223 e. The molecule has 1 aliphatic carbocycles. The summed E-state index contributed by atoms with van der Waals surface area (Å²) in [6.45, 7) is 0.737. The van der Waals surface area contributed by atoms with Crippen LogP contribution in [0.1, 0.15) is 41.7 Å². The molecule has 5 nitrogen and oxygen atoms in total. The molecule has 1 atom stereocenters. The quantitative estimate of drug-likeness (QED) is 0.797. The predicted octanol–water partition coefficient (Wildman–Crippen LogP) is 3.29. The molecule has 1 fully saturated rings. The van der Waals surface area contributed by atoms with Gasteiger partial charge in [0.25, 0.3) is 0 Å². The number of imidazole rings is 1. The van der Waals surface area contributed by atoms with Crippen LogP contribution in [-0.4, -0.2) is 32.3 Å². The summed E-state index contributed by atoms with van der Waals surface area (Å²) in [4.78, 5) is 27.4. The minimum atomic E-state index is -0.149. The number of nitrogens with zero attached hydrogens (tertiary/aromatic N) is 3. The highest BCUT2D eigenvalue weighted by Crippen LogP contribution is 2.39. The summed E-state index contributed by atoms with van der Waals surface area (Å²) >= 11 is 1.67. The molecule has 0 spiro atoms. The number of thiazole rings is 1. The van der Waals surface area contributed by atoms with Crippen LogP contribution in [0, 0.1) is 5.92 Å². The van der Waals surface area contributed by atoms with Crippen LogP contribution in [0.15, 0.2) is 30.6 Å². The highest BCUT2D eigenvalue weighted by Gasteiger charge is 2.37. The number of carbonyl (C=O) groups is 1. The van der Waals surface area contributed by atoms with Gasteiger partial charge in [-0.05, 0) is 30.9 Å². The topological polar surface area (TPSA) is 61.9 Å². The van der Waals surface area contributed by atoms with Gasteiger partial charge in [0.15, 0.2) is 0 Å². The number of benzene rings is 1. The van der Waals surface area contributed by atoms with E-state index in [4.69, 9.17) is 4.98 Å². The molecule has 0 radical (unpaired) electrons. The maximum absolute atomic E-state index is 12.8. The second-order valence-electron chi connectivity index (χ2n) is 6.67. The predicted molar refractivity (Wildman–Crippen MR) is 92.8 cm³/mol. The summed E-state index contributed by atoms with van der Waals surface area (Å²) in [7, 11) is 0. The largest absolute Gasteiger partial charge is 0.348 e. The van der Waals surface area contributed by atoms with Crippen molar-refractivity contribution in [2.75, 3.05) is 6.54 Å². The van der Waals surface area contributed by atoms with Crippen molar-refractivity contribution in [2.24, 2.45) is 5.92 Å². The van der Waals surface area contributed by atoms with Crippen LogP contribution < -0.4 is 0 Å². The molecule has 1 aromatic carbocycles. The summed E-state index contributed by atoms with van der Waals surface area (Å²) in [5, 5.41) is 0.966. The van der Waals surface area contributed by atoms with Crippen molar-refractivity contribution in [2.45, 2.75) is 31.7 Å². The molecular formula is C18H18N4OS. The minimum absolute atomic E-state index is 0.149. The SMILES string of the molecule is O=C(CC1CC1)N1CCc2[nH]cnc2[C@H]1c1nc2ccccc2s1. The van der Waals surface area contributed by atoms with Crippen LogP contribution in [0.25, 0.3) is 10.2 Å². The Bertz CT molecular complexity index is 878. The monoisotopic (exact) mass is 338 g/mol. The van der Waals surface area contributed by atoms with Gasteiger partial charge in [-0.3, -0.25) is 4.79 Å². The van der Waals surface area contributed by atoms with Gasteiger partial charge >= 0.3 is 0 Å². The van der Waals surface area contributed by atoms with Crippen molar-refractivity contribution < 1.29 is 4.79 Å². The van der Waals surface area contributed by atoms with Gasteiger partial charge in [0.1, 0.15) is 11.0 Å². The smallest absolute Gasteiger partial charge is 0.223 e. The van der Waals surface area contributed by atoms with Crippen LogP contribution in [0.2, 0.25) is 0 Å². The van der Waals surface area contributed by atoms with Gasteiger partial charge in [-0.2, -0.15) is 0 Å². The molecule has 122 valence electrons. The molecule has 3 heterocycles. The first-order valence-corrected chi connectivity index (χ1v) is 9.28. The molecule has 24 heavy (non-hydrogen) atoms. The van der Waals surface area contributed by atoms with Crippen molar-refractivity contribution in [1.82, 2.24) is 19.9 Å². The Balaban J connectivity index is 1.58. The van der Waals surface area contributed by atoms with Crippen molar-refractivity contribution in [3.8, 4) is 0 Å². The molecule has 5 rings (SSSR count). The highest BCUT2D eigenvalue weighted by atomic mass is 32.1. The van der Waals surface area contributed by atoms with Crippen LogP contribution in [-0.2, 0) is 11.2 Å². The second kappa shape index (κ2) is 5.41. The van der Waals surface area contributed by atoms with E-state index < -0.39 is 0 Å². The molecule has 6 heteroatoms. The third-order valence-corrected chi connectivity index (χ3v) is 6.04. The Labute approximate surface area is 143 Å². The third-order valence-electron chi connectivity index (χ3n) is 4.95. The van der Waals surface area contributed by atoms with E-state index in [-0.39, 0.29) is 11.9 Å². The van der Waals surface area contributed by atoms with Crippen LogP contribution in [0.5, 0.6) is 0 Å². The molecule has 1 aliphatic heterocycles. The number of para-hydroxylation sites is 1. The van der Waals surface area contributed by atoms with E-state index in [2.05, 4.69) is 16.0 Å². The number of amides is 1. The zero-order valence-electron chi connectivity index (χ0n) is 13.2. The average molecular weight is 338 g/mol. The number of hydrogen-bond donors (Lipinski definition) is 1. The maximum atomic E-state index is 12.8. The van der Waals surface area contributed by atoms with Crippen molar-refractivity contribution in [3.05, 3.63) is 47.0 Å². The first kappa shape index (κ1) is 14.2. The lowest BCUT2D eigenvalue weighted by molar-refractivity contribution is -0.133. The molecule has 1 amide bonds. The fraction of sp³-hybridized carbons (Fsp3) is 0.389. The lowest BCUT2D eigenvalue weighted by Gasteiger charge is -2.33. The fourth-order valence-corrected chi connectivity index (χ4v) is 4.57. The molecule has 1 saturated carbocycles. The first-order valence-electron chi connectivity index (χ1n) is 8.46. The lowest BCUT2D eigenvalue weighted by atomic mass is 10.0. The molecule has 0 bridgehead atoms. The Morgan fingerprint density at radius 1 is 1.33 bits per heavy atom. The average Bonchev–Trinajstić information content (AvgIpc) is 3.12. The number of hydrogen-bond acceptors (Lipinski definition) is 4.